The van der Waals surface area contributed by atoms with Crippen LogP contribution in [0, 0.1) is 11.3 Å². The van der Waals surface area contributed by atoms with Crippen LogP contribution in [-0.4, -0.2) is 33.4 Å². The van der Waals surface area contributed by atoms with Crippen molar-refractivity contribution in [2.75, 3.05) is 16.8 Å². The number of nitrogens with zero attached hydrogens (tertiary/aromatic N) is 5. The Kier molecular flexibility index (Phi) is 6.78. The molecule has 0 aliphatic carbocycles. The first kappa shape index (κ1) is 25.3. The number of nitriles is 1. The first-order chi connectivity index (χ1) is 18.2. The highest BCUT2D eigenvalue weighted by atomic mass is 35.5. The van der Waals surface area contributed by atoms with E-state index in [1.807, 2.05) is 18.2 Å². The standard InChI is InChI=1S/C27H20ClF3N6O/c28-23-4-2-1-3-18(23)12-25(38)37-8-6-19-9-20(10-21(13-32)26(19)37)17-5-7-33-24(11-17)35-22-14-34-36(15-22)16-27(29,30)31/h1-5,7,9-11,14-15H,6,8,12,16H2,(H,33,35). The zero-order chi connectivity index (χ0) is 26.9. The Morgan fingerprint density at radius 2 is 1.97 bits per heavy atom. The first-order valence-corrected chi connectivity index (χ1v) is 12.0. The topological polar surface area (TPSA) is 86.8 Å². The summed E-state index contributed by atoms with van der Waals surface area (Å²) in [6.07, 6.45) is 0.459. The minimum atomic E-state index is -4.37. The van der Waals surface area contributed by atoms with Gasteiger partial charge in [0.15, 0.2) is 0 Å². The highest BCUT2D eigenvalue weighted by Gasteiger charge is 2.29. The van der Waals surface area contributed by atoms with E-state index in [1.165, 1.54) is 12.4 Å². The minimum Gasteiger partial charge on any atom is -0.338 e. The van der Waals surface area contributed by atoms with Crippen molar-refractivity contribution >= 4 is 34.7 Å². The maximum Gasteiger partial charge on any atom is 0.408 e. The highest BCUT2D eigenvalue weighted by Crippen LogP contribution is 2.37. The molecule has 0 atom stereocenters. The number of carbonyl (C=O) groups excluding carboxylic acids is 1. The van der Waals surface area contributed by atoms with Crippen molar-refractivity contribution in [2.24, 2.45) is 0 Å². The van der Waals surface area contributed by atoms with Crippen molar-refractivity contribution in [3.8, 4) is 17.2 Å². The summed E-state index contributed by atoms with van der Waals surface area (Å²) in [6.45, 7) is -0.728. The minimum absolute atomic E-state index is 0.130. The van der Waals surface area contributed by atoms with Gasteiger partial charge in [0.1, 0.15) is 18.4 Å². The third-order valence-electron chi connectivity index (χ3n) is 6.12. The van der Waals surface area contributed by atoms with Crippen LogP contribution < -0.4 is 10.2 Å². The van der Waals surface area contributed by atoms with Crippen LogP contribution in [0.1, 0.15) is 16.7 Å². The van der Waals surface area contributed by atoms with Crippen molar-refractivity contribution < 1.29 is 18.0 Å². The fraction of sp³-hybridized carbons (Fsp3) is 0.185. The Bertz CT molecular complexity index is 1560. The van der Waals surface area contributed by atoms with Crippen LogP contribution in [0.5, 0.6) is 0 Å². The predicted molar refractivity (Wildman–Crippen MR) is 137 cm³/mol. The van der Waals surface area contributed by atoms with Crippen LogP contribution in [0.25, 0.3) is 11.1 Å². The molecule has 0 spiro atoms. The molecule has 1 aliphatic rings. The van der Waals surface area contributed by atoms with E-state index in [-0.39, 0.29) is 12.3 Å². The van der Waals surface area contributed by atoms with Crippen molar-refractivity contribution in [1.29, 1.82) is 5.26 Å². The van der Waals surface area contributed by atoms with Gasteiger partial charge in [-0.25, -0.2) is 4.98 Å². The molecule has 1 N–H and O–H groups in total. The third kappa shape index (κ3) is 5.48. The molecule has 0 saturated carbocycles. The van der Waals surface area contributed by atoms with E-state index in [0.717, 1.165) is 26.9 Å². The molecule has 0 radical (unpaired) electrons. The SMILES string of the molecule is N#Cc1cc(-c2ccnc(Nc3cnn(CC(F)(F)F)c3)c2)cc2c1N(C(=O)Cc1ccccc1Cl)CC2. The molecule has 11 heteroatoms. The van der Waals surface area contributed by atoms with Gasteiger partial charge in [0.25, 0.3) is 0 Å². The van der Waals surface area contributed by atoms with Gasteiger partial charge in [0.2, 0.25) is 5.91 Å². The Balaban J connectivity index is 1.38. The summed E-state index contributed by atoms with van der Waals surface area (Å²) in [7, 11) is 0. The van der Waals surface area contributed by atoms with E-state index < -0.39 is 12.7 Å². The third-order valence-corrected chi connectivity index (χ3v) is 6.49. The van der Waals surface area contributed by atoms with E-state index in [2.05, 4.69) is 21.5 Å². The molecule has 0 unspecified atom stereocenters. The summed E-state index contributed by atoms with van der Waals surface area (Å²) in [6, 6.07) is 16.6. The van der Waals surface area contributed by atoms with Crippen molar-refractivity contribution in [1.82, 2.24) is 14.8 Å². The van der Waals surface area contributed by atoms with Crippen LogP contribution in [0.15, 0.2) is 67.1 Å². The number of anilines is 3. The van der Waals surface area contributed by atoms with Crippen LogP contribution in [0.3, 0.4) is 0 Å². The van der Waals surface area contributed by atoms with Gasteiger partial charge in [-0.3, -0.25) is 9.48 Å². The zero-order valence-electron chi connectivity index (χ0n) is 19.8. The summed E-state index contributed by atoms with van der Waals surface area (Å²) in [5, 5.41) is 17.1. The Morgan fingerprint density at radius 3 is 2.74 bits per heavy atom. The number of pyridine rings is 1. The second kappa shape index (κ2) is 10.2. The smallest absolute Gasteiger partial charge is 0.338 e. The predicted octanol–water partition coefficient (Wildman–Crippen LogP) is 5.91. The van der Waals surface area contributed by atoms with E-state index in [4.69, 9.17) is 11.6 Å². The summed E-state index contributed by atoms with van der Waals surface area (Å²) in [5.41, 5.74) is 4.47. The molecule has 1 aliphatic heterocycles. The van der Waals surface area contributed by atoms with Crippen LogP contribution in [-0.2, 0) is 24.2 Å². The molecule has 192 valence electrons. The molecule has 0 saturated heterocycles. The van der Waals surface area contributed by atoms with Crippen molar-refractivity contribution in [3.05, 3.63) is 88.8 Å². The molecular weight excluding hydrogens is 517 g/mol. The largest absolute Gasteiger partial charge is 0.408 e. The zero-order valence-corrected chi connectivity index (χ0v) is 20.6. The summed E-state index contributed by atoms with van der Waals surface area (Å²) < 4.78 is 38.6. The summed E-state index contributed by atoms with van der Waals surface area (Å²) in [4.78, 5) is 19.0. The van der Waals surface area contributed by atoms with E-state index in [1.54, 1.807) is 41.4 Å². The number of benzene rings is 2. The van der Waals surface area contributed by atoms with Gasteiger partial charge in [-0.1, -0.05) is 29.8 Å². The van der Waals surface area contributed by atoms with Gasteiger partial charge in [0.05, 0.1) is 29.6 Å². The molecule has 5 rings (SSSR count). The Hall–Kier alpha value is -4.36. The number of aromatic nitrogens is 3. The van der Waals surface area contributed by atoms with Crippen LogP contribution in [0.2, 0.25) is 5.02 Å². The number of hydrogen-bond acceptors (Lipinski definition) is 5. The summed E-state index contributed by atoms with van der Waals surface area (Å²) in [5.74, 6) is 0.271. The number of hydrogen-bond donors (Lipinski definition) is 1. The molecule has 4 aromatic rings. The molecule has 1 amide bonds. The Morgan fingerprint density at radius 1 is 1.16 bits per heavy atom. The number of rotatable bonds is 6. The van der Waals surface area contributed by atoms with Gasteiger partial charge in [-0.2, -0.15) is 23.5 Å². The van der Waals surface area contributed by atoms with Gasteiger partial charge in [-0.05, 0) is 59.0 Å². The fourth-order valence-electron chi connectivity index (χ4n) is 4.47. The number of halogens is 4. The Labute approximate surface area is 221 Å². The van der Waals surface area contributed by atoms with Gasteiger partial charge >= 0.3 is 6.18 Å². The maximum absolute atomic E-state index is 13.1. The lowest BCUT2D eigenvalue weighted by Gasteiger charge is -2.19. The maximum atomic E-state index is 13.1. The van der Waals surface area contributed by atoms with Gasteiger partial charge < -0.3 is 10.2 Å². The van der Waals surface area contributed by atoms with Crippen LogP contribution >= 0.6 is 11.6 Å². The van der Waals surface area contributed by atoms with Gasteiger partial charge in [0, 0.05) is 24.0 Å². The number of fused-ring (bicyclic) bond motifs is 1. The lowest BCUT2D eigenvalue weighted by molar-refractivity contribution is -0.142. The molecule has 3 heterocycles. The van der Waals surface area contributed by atoms with Crippen molar-refractivity contribution in [2.45, 2.75) is 25.6 Å². The molecule has 0 fully saturated rings. The van der Waals surface area contributed by atoms with E-state index in [9.17, 15) is 23.2 Å². The second-order valence-electron chi connectivity index (χ2n) is 8.80. The number of nitrogens with one attached hydrogen (secondary N) is 1. The normalized spacial score (nSPS) is 12.8. The van der Waals surface area contributed by atoms with Crippen LogP contribution in [0.4, 0.5) is 30.4 Å². The average molecular weight is 537 g/mol. The van der Waals surface area contributed by atoms with E-state index >= 15 is 0 Å². The quantitative estimate of drug-likeness (QED) is 0.331. The molecule has 7 nitrogen and oxygen atoms in total. The number of carbonyl (C=O) groups is 1. The molecular formula is C27H20ClF3N6O. The summed E-state index contributed by atoms with van der Waals surface area (Å²) >= 11 is 6.23. The molecule has 2 aromatic carbocycles. The van der Waals surface area contributed by atoms with E-state index in [0.29, 0.717) is 40.7 Å². The lowest BCUT2D eigenvalue weighted by atomic mass is 9.98. The lowest BCUT2D eigenvalue weighted by Crippen LogP contribution is -2.31. The fourth-order valence-corrected chi connectivity index (χ4v) is 4.68. The van der Waals surface area contributed by atoms with Crippen molar-refractivity contribution in [3.63, 3.8) is 0 Å². The first-order valence-electron chi connectivity index (χ1n) is 11.6. The molecule has 2 aromatic heterocycles. The molecule has 38 heavy (non-hydrogen) atoms. The average Bonchev–Trinajstić information content (AvgIpc) is 3.50. The number of amides is 1. The molecule has 0 bridgehead atoms. The monoisotopic (exact) mass is 536 g/mol. The number of alkyl halides is 3. The second-order valence-corrected chi connectivity index (χ2v) is 9.21. The van der Waals surface area contributed by atoms with Gasteiger partial charge in [-0.15, -0.1) is 0 Å². The highest BCUT2D eigenvalue weighted by molar-refractivity contribution is 6.31.